The Kier molecular flexibility index (Phi) is 4.03. The number of methoxy groups -OCH3 is 3. The van der Waals surface area contributed by atoms with Crippen molar-refractivity contribution in [1.82, 2.24) is 4.90 Å². The molecule has 0 amide bonds. The minimum absolute atomic E-state index is 0.277. The number of ether oxygens (including phenoxy) is 3. The van der Waals surface area contributed by atoms with Crippen LogP contribution in [0.4, 0.5) is 0 Å². The van der Waals surface area contributed by atoms with Crippen molar-refractivity contribution < 1.29 is 24.4 Å². The smallest absolute Gasteiger partial charge is 0.161 e. The van der Waals surface area contributed by atoms with Crippen LogP contribution in [0.15, 0.2) is 23.8 Å². The molecule has 1 aromatic rings. The van der Waals surface area contributed by atoms with E-state index in [1.165, 1.54) is 5.57 Å². The summed E-state index contributed by atoms with van der Waals surface area (Å²) < 4.78 is 16.5. The highest BCUT2D eigenvalue weighted by atomic mass is 16.5. The topological polar surface area (TPSA) is 71.4 Å². The van der Waals surface area contributed by atoms with Gasteiger partial charge in [-0.3, -0.25) is 4.90 Å². The van der Waals surface area contributed by atoms with Gasteiger partial charge >= 0.3 is 0 Å². The van der Waals surface area contributed by atoms with E-state index in [4.69, 9.17) is 14.2 Å². The standard InChI is InChI=1S/C19H25NO5/c1-23-16-7-12-13(8-17(16)24-2)19-9-18(25-3)14(21)6-11(19)4-5-20(19)10-15(12)22/h6-8,14-15,18,21-22H,4-5,9-10H2,1-3H3/t14-,15?,18+,19-/m0/s1. The van der Waals surface area contributed by atoms with Gasteiger partial charge in [0.15, 0.2) is 11.5 Å². The normalized spacial score (nSPS) is 34.0. The van der Waals surface area contributed by atoms with Crippen molar-refractivity contribution in [2.45, 2.75) is 36.7 Å². The van der Waals surface area contributed by atoms with Crippen LogP contribution in [0.5, 0.6) is 11.5 Å². The Labute approximate surface area is 147 Å². The number of aliphatic hydroxyl groups is 2. The van der Waals surface area contributed by atoms with Crippen LogP contribution in [0.3, 0.4) is 0 Å². The Bertz CT molecular complexity index is 718. The van der Waals surface area contributed by atoms with Gasteiger partial charge in [0.2, 0.25) is 0 Å². The Morgan fingerprint density at radius 2 is 1.84 bits per heavy atom. The average molecular weight is 347 g/mol. The molecule has 1 aromatic carbocycles. The summed E-state index contributed by atoms with van der Waals surface area (Å²) >= 11 is 0. The molecule has 1 unspecified atom stereocenters. The summed E-state index contributed by atoms with van der Waals surface area (Å²) in [5, 5.41) is 21.1. The maximum Gasteiger partial charge on any atom is 0.161 e. The van der Waals surface area contributed by atoms with Crippen LogP contribution in [0.25, 0.3) is 0 Å². The molecule has 1 fully saturated rings. The zero-order valence-electron chi connectivity index (χ0n) is 14.9. The number of nitrogens with zero attached hydrogens (tertiary/aromatic N) is 1. The largest absolute Gasteiger partial charge is 0.493 e. The van der Waals surface area contributed by atoms with Crippen LogP contribution < -0.4 is 9.47 Å². The van der Waals surface area contributed by atoms with Gasteiger partial charge in [-0.25, -0.2) is 0 Å². The molecule has 2 aliphatic heterocycles. The van der Waals surface area contributed by atoms with Gasteiger partial charge in [-0.2, -0.15) is 0 Å². The second-order valence-corrected chi connectivity index (χ2v) is 7.03. The van der Waals surface area contributed by atoms with E-state index < -0.39 is 12.2 Å². The third-order valence-corrected chi connectivity index (χ3v) is 6.03. The van der Waals surface area contributed by atoms with E-state index in [0.29, 0.717) is 24.5 Å². The van der Waals surface area contributed by atoms with Crippen molar-refractivity contribution in [3.8, 4) is 11.5 Å². The first kappa shape index (κ1) is 16.8. The number of hydrogen-bond acceptors (Lipinski definition) is 6. The second-order valence-electron chi connectivity index (χ2n) is 7.03. The van der Waals surface area contributed by atoms with Gasteiger partial charge in [0.1, 0.15) is 0 Å². The van der Waals surface area contributed by atoms with E-state index in [1.807, 2.05) is 18.2 Å². The fraction of sp³-hybridized carbons (Fsp3) is 0.579. The van der Waals surface area contributed by atoms with Crippen LogP contribution in [-0.4, -0.2) is 61.7 Å². The quantitative estimate of drug-likeness (QED) is 0.805. The first-order valence-corrected chi connectivity index (χ1v) is 8.66. The van der Waals surface area contributed by atoms with E-state index in [-0.39, 0.29) is 11.6 Å². The second kappa shape index (κ2) is 5.99. The van der Waals surface area contributed by atoms with Gasteiger partial charge in [0.05, 0.1) is 38.1 Å². The van der Waals surface area contributed by atoms with E-state index in [0.717, 1.165) is 24.1 Å². The van der Waals surface area contributed by atoms with Crippen molar-refractivity contribution in [3.05, 3.63) is 34.9 Å². The summed E-state index contributed by atoms with van der Waals surface area (Å²) in [6.07, 6.45) is 2.03. The van der Waals surface area contributed by atoms with E-state index >= 15 is 0 Å². The number of hydrogen-bond donors (Lipinski definition) is 2. The van der Waals surface area contributed by atoms with Gasteiger partial charge in [0, 0.05) is 26.6 Å². The summed E-state index contributed by atoms with van der Waals surface area (Å²) in [7, 11) is 4.85. The molecule has 0 aromatic heterocycles. The van der Waals surface area contributed by atoms with E-state index in [2.05, 4.69) is 4.90 Å². The van der Waals surface area contributed by atoms with Crippen LogP contribution in [0, 0.1) is 0 Å². The zero-order chi connectivity index (χ0) is 17.8. The van der Waals surface area contributed by atoms with Gasteiger partial charge in [-0.15, -0.1) is 0 Å². The lowest BCUT2D eigenvalue weighted by Crippen LogP contribution is -2.53. The third-order valence-electron chi connectivity index (χ3n) is 6.03. The number of benzene rings is 1. The maximum absolute atomic E-state index is 10.7. The molecule has 2 N–H and O–H groups in total. The van der Waals surface area contributed by atoms with Gasteiger partial charge in [0.25, 0.3) is 0 Å². The van der Waals surface area contributed by atoms with Crippen molar-refractivity contribution in [3.63, 3.8) is 0 Å². The van der Waals surface area contributed by atoms with Crippen LogP contribution >= 0.6 is 0 Å². The van der Waals surface area contributed by atoms with Crippen molar-refractivity contribution in [1.29, 1.82) is 0 Å². The van der Waals surface area contributed by atoms with Gasteiger partial charge in [-0.1, -0.05) is 6.08 Å². The van der Waals surface area contributed by atoms with Crippen molar-refractivity contribution >= 4 is 0 Å². The molecule has 2 heterocycles. The fourth-order valence-electron chi connectivity index (χ4n) is 4.82. The fourth-order valence-corrected chi connectivity index (χ4v) is 4.82. The summed E-state index contributed by atoms with van der Waals surface area (Å²) in [4.78, 5) is 2.32. The lowest BCUT2D eigenvalue weighted by molar-refractivity contribution is -0.0453. The Hall–Kier alpha value is -1.60. The molecule has 1 spiro atoms. The highest BCUT2D eigenvalue weighted by Gasteiger charge is 2.55. The molecule has 3 aliphatic rings. The van der Waals surface area contributed by atoms with E-state index in [1.54, 1.807) is 21.3 Å². The minimum atomic E-state index is -0.596. The van der Waals surface area contributed by atoms with Crippen LogP contribution in [0.2, 0.25) is 0 Å². The summed E-state index contributed by atoms with van der Waals surface area (Å²) in [6.45, 7) is 1.42. The molecule has 0 saturated carbocycles. The van der Waals surface area contributed by atoms with Crippen LogP contribution in [0.1, 0.15) is 30.1 Å². The Morgan fingerprint density at radius 3 is 2.52 bits per heavy atom. The highest BCUT2D eigenvalue weighted by molar-refractivity contribution is 5.56. The van der Waals surface area contributed by atoms with Crippen molar-refractivity contribution in [2.24, 2.45) is 0 Å². The molecule has 4 rings (SSSR count). The molecule has 4 atom stereocenters. The highest BCUT2D eigenvalue weighted by Crippen LogP contribution is 2.55. The maximum atomic E-state index is 10.7. The monoisotopic (exact) mass is 347 g/mol. The predicted octanol–water partition coefficient (Wildman–Crippen LogP) is 1.36. The number of rotatable bonds is 3. The molecule has 6 nitrogen and oxygen atoms in total. The van der Waals surface area contributed by atoms with Crippen LogP contribution in [-0.2, 0) is 10.3 Å². The number of fused-ring (bicyclic) bond motifs is 1. The van der Waals surface area contributed by atoms with E-state index in [9.17, 15) is 10.2 Å². The molecular weight excluding hydrogens is 322 g/mol. The van der Waals surface area contributed by atoms with Gasteiger partial charge in [-0.05, 0) is 35.3 Å². The Balaban J connectivity index is 1.94. The average Bonchev–Trinajstić information content (AvgIpc) is 2.98. The third kappa shape index (κ3) is 2.25. The predicted molar refractivity (Wildman–Crippen MR) is 91.9 cm³/mol. The SMILES string of the molecule is COc1cc2c(cc1OC)[C@]13C[C@@H](OC)[C@@H](O)C=C1CCN3CC2O. The Morgan fingerprint density at radius 1 is 1.12 bits per heavy atom. The molecule has 1 aliphatic carbocycles. The molecule has 136 valence electrons. The minimum Gasteiger partial charge on any atom is -0.493 e. The number of aliphatic hydroxyl groups excluding tert-OH is 2. The zero-order valence-corrected chi connectivity index (χ0v) is 14.9. The van der Waals surface area contributed by atoms with Crippen molar-refractivity contribution in [2.75, 3.05) is 34.4 Å². The molecule has 0 radical (unpaired) electrons. The van der Waals surface area contributed by atoms with Gasteiger partial charge < -0.3 is 24.4 Å². The molecule has 6 heteroatoms. The molecule has 25 heavy (non-hydrogen) atoms. The molecule has 1 saturated heterocycles. The molecular formula is C19H25NO5. The lowest BCUT2D eigenvalue weighted by Gasteiger charge is -2.50. The summed E-state index contributed by atoms with van der Waals surface area (Å²) in [5.74, 6) is 1.27. The summed E-state index contributed by atoms with van der Waals surface area (Å²) in [6, 6.07) is 3.86. The lowest BCUT2D eigenvalue weighted by atomic mass is 9.69. The first-order chi connectivity index (χ1) is 12.0. The molecule has 0 bridgehead atoms. The summed E-state index contributed by atoms with van der Waals surface area (Å²) in [5.41, 5.74) is 2.75. The first-order valence-electron chi connectivity index (χ1n) is 8.66.